The number of sulfone groups is 1. The Morgan fingerprint density at radius 2 is 2.12 bits per heavy atom. The Morgan fingerprint density at radius 3 is 2.62 bits per heavy atom. The van der Waals surface area contributed by atoms with Crippen LogP contribution in [0, 0.1) is 0 Å². The number of ketones is 1. The molecule has 0 aliphatic carbocycles. The van der Waals surface area contributed by atoms with Crippen molar-refractivity contribution in [1.29, 1.82) is 0 Å². The Kier molecular flexibility index (Phi) is 4.75. The van der Waals surface area contributed by atoms with E-state index in [1.807, 2.05) is 0 Å². The monoisotopic (exact) mass is 372 g/mol. The second kappa shape index (κ2) is 5.46. The maximum Gasteiger partial charge on any atom is 0.190 e. The van der Waals surface area contributed by atoms with Crippen LogP contribution in [-0.4, -0.2) is 23.2 Å². The fourth-order valence-corrected chi connectivity index (χ4v) is 3.47. The third kappa shape index (κ3) is 3.18. The molecule has 0 aromatic heterocycles. The number of Topliss-reactive ketones (excluding diaryl/α,β-unsaturated/α-hetero) is 1. The normalized spacial score (nSPS) is 13.4. The Bertz CT molecular complexity index is 499. The van der Waals surface area contributed by atoms with E-state index >= 15 is 0 Å². The van der Waals surface area contributed by atoms with Gasteiger partial charge in [-0.25, -0.2) is 8.42 Å². The van der Waals surface area contributed by atoms with Gasteiger partial charge >= 0.3 is 0 Å². The molecule has 0 heterocycles. The first-order valence-electron chi connectivity index (χ1n) is 4.54. The average Bonchev–Trinajstić information content (AvgIpc) is 2.27. The molecule has 88 valence electrons. The molecule has 0 aliphatic rings. The van der Waals surface area contributed by atoms with Crippen molar-refractivity contribution in [2.45, 2.75) is 10.2 Å². The molecule has 0 saturated carbocycles. The molecule has 0 spiro atoms. The van der Waals surface area contributed by atoms with Crippen molar-refractivity contribution in [2.24, 2.45) is 0 Å². The maximum absolute atomic E-state index is 11.9. The number of alkyl halides is 1. The minimum Gasteiger partial charge on any atom is -0.292 e. The van der Waals surface area contributed by atoms with E-state index in [1.54, 1.807) is 40.8 Å². The van der Waals surface area contributed by atoms with E-state index in [9.17, 15) is 13.2 Å². The fraction of sp³-hybridized carbons (Fsp3) is 0.300. The minimum atomic E-state index is -3.36. The number of hydrogen-bond acceptors (Lipinski definition) is 3. The summed E-state index contributed by atoms with van der Waals surface area (Å²) < 4.78 is 22.0. The molecule has 6 heteroatoms. The number of rotatable bonds is 4. The summed E-state index contributed by atoms with van der Waals surface area (Å²) >= 11 is 7.38. The molecule has 0 N–H and O–H groups in total. The van der Waals surface area contributed by atoms with Gasteiger partial charge in [-0.15, -0.1) is 0 Å². The zero-order valence-electron chi connectivity index (χ0n) is 8.48. The number of benzene rings is 1. The predicted octanol–water partition coefficient (Wildman–Crippen LogP) is 2.72. The minimum absolute atomic E-state index is 0.0487. The van der Waals surface area contributed by atoms with Crippen molar-refractivity contribution < 1.29 is 13.2 Å². The topological polar surface area (TPSA) is 51.2 Å². The number of carbonyl (C=O) groups excluding carboxylic acids is 1. The molecule has 3 nitrogen and oxygen atoms in total. The lowest BCUT2D eigenvalue weighted by Crippen LogP contribution is -2.25. The van der Waals surface area contributed by atoms with Crippen LogP contribution in [0.15, 0.2) is 24.3 Å². The van der Waals surface area contributed by atoms with Gasteiger partial charge in [0.25, 0.3) is 0 Å². The Hall–Kier alpha value is -0.140. The summed E-state index contributed by atoms with van der Waals surface area (Å²) in [6.45, 7) is 1.52. The summed E-state index contributed by atoms with van der Waals surface area (Å²) in [5.74, 6) is -0.475. The molecule has 16 heavy (non-hydrogen) atoms. The highest BCUT2D eigenvalue weighted by Crippen LogP contribution is 2.19. The highest BCUT2D eigenvalue weighted by atomic mass is 127. The second-order valence-corrected chi connectivity index (χ2v) is 8.04. The predicted molar refractivity (Wildman–Crippen MR) is 73.1 cm³/mol. The van der Waals surface area contributed by atoms with Crippen molar-refractivity contribution in [3.05, 3.63) is 34.9 Å². The van der Waals surface area contributed by atoms with Crippen molar-refractivity contribution in [3.8, 4) is 0 Å². The molecule has 0 fully saturated rings. The van der Waals surface area contributed by atoms with Crippen molar-refractivity contribution in [2.75, 3.05) is 5.75 Å². The van der Waals surface area contributed by atoms with E-state index in [-0.39, 0.29) is 5.75 Å². The lowest BCUT2D eigenvalue weighted by molar-refractivity contribution is 0.101. The first-order valence-corrected chi connectivity index (χ1v) is 7.88. The standard InChI is InChI=1S/C10H10ClIO3S/c1-2-16(14,15)10(12)9(13)7-4-3-5-8(11)6-7/h3-6,10H,2H2,1H3/t10-/m1/s1. The fourth-order valence-electron chi connectivity index (χ4n) is 1.08. The van der Waals surface area contributed by atoms with Crippen LogP contribution in [0.3, 0.4) is 0 Å². The molecule has 1 aromatic carbocycles. The van der Waals surface area contributed by atoms with Gasteiger partial charge in [0, 0.05) is 16.3 Å². The SMILES string of the molecule is CCS(=O)(=O)[C@@H](I)C(=O)c1cccc(Cl)c1. The molecular formula is C10H10ClIO3S. The van der Waals surface area contributed by atoms with Crippen LogP contribution in [-0.2, 0) is 9.84 Å². The Labute approximate surface area is 113 Å². The molecule has 0 unspecified atom stereocenters. The molecule has 0 radical (unpaired) electrons. The van der Waals surface area contributed by atoms with Gasteiger partial charge in [-0.3, -0.25) is 4.79 Å². The van der Waals surface area contributed by atoms with Gasteiger partial charge in [-0.2, -0.15) is 0 Å². The molecule has 0 aliphatic heterocycles. The van der Waals surface area contributed by atoms with Crippen LogP contribution in [0.1, 0.15) is 17.3 Å². The van der Waals surface area contributed by atoms with Crippen molar-refractivity contribution in [3.63, 3.8) is 0 Å². The maximum atomic E-state index is 11.9. The van der Waals surface area contributed by atoms with Crippen molar-refractivity contribution >= 4 is 49.8 Å². The molecular weight excluding hydrogens is 363 g/mol. The van der Waals surface area contributed by atoms with Crippen LogP contribution in [0.4, 0.5) is 0 Å². The molecule has 1 aromatic rings. The zero-order chi connectivity index (χ0) is 12.3. The summed E-state index contributed by atoms with van der Waals surface area (Å²) in [5.41, 5.74) is 0.323. The quantitative estimate of drug-likeness (QED) is 0.464. The third-order valence-electron chi connectivity index (χ3n) is 2.03. The summed E-state index contributed by atoms with van der Waals surface area (Å²) in [7, 11) is -3.36. The zero-order valence-corrected chi connectivity index (χ0v) is 12.2. The Morgan fingerprint density at radius 1 is 1.50 bits per heavy atom. The van der Waals surface area contributed by atoms with Crippen LogP contribution >= 0.6 is 34.2 Å². The summed E-state index contributed by atoms with van der Waals surface area (Å²) in [4.78, 5) is 11.9. The summed E-state index contributed by atoms with van der Waals surface area (Å²) in [5, 5.41) is 0.420. The molecule has 0 bridgehead atoms. The van der Waals surface area contributed by atoms with Gasteiger partial charge in [-0.05, 0) is 12.1 Å². The van der Waals surface area contributed by atoms with Gasteiger partial charge in [-0.1, -0.05) is 53.2 Å². The van der Waals surface area contributed by atoms with E-state index in [4.69, 9.17) is 11.6 Å². The van der Waals surface area contributed by atoms with Gasteiger partial charge in [0.05, 0.1) is 0 Å². The van der Waals surface area contributed by atoms with Gasteiger partial charge in [0.2, 0.25) is 0 Å². The van der Waals surface area contributed by atoms with E-state index < -0.39 is 18.9 Å². The van der Waals surface area contributed by atoms with E-state index in [1.165, 1.54) is 13.0 Å². The highest BCUT2D eigenvalue weighted by Gasteiger charge is 2.28. The number of halogens is 2. The van der Waals surface area contributed by atoms with E-state index in [0.29, 0.717) is 10.6 Å². The summed E-state index contributed by atoms with van der Waals surface area (Å²) in [6.07, 6.45) is 0. The molecule has 1 rings (SSSR count). The average molecular weight is 373 g/mol. The molecule has 1 atom stereocenters. The van der Waals surface area contributed by atoms with Crippen LogP contribution < -0.4 is 0 Å². The first kappa shape index (κ1) is 13.9. The van der Waals surface area contributed by atoms with Gasteiger partial charge in [0.15, 0.2) is 18.9 Å². The molecule has 0 saturated heterocycles. The largest absolute Gasteiger partial charge is 0.292 e. The smallest absolute Gasteiger partial charge is 0.190 e. The van der Waals surface area contributed by atoms with E-state index in [2.05, 4.69) is 0 Å². The van der Waals surface area contributed by atoms with Crippen LogP contribution in [0.25, 0.3) is 0 Å². The lowest BCUT2D eigenvalue weighted by atomic mass is 10.1. The van der Waals surface area contributed by atoms with Crippen LogP contribution in [0.5, 0.6) is 0 Å². The van der Waals surface area contributed by atoms with Gasteiger partial charge < -0.3 is 0 Å². The second-order valence-electron chi connectivity index (χ2n) is 3.14. The number of hydrogen-bond donors (Lipinski definition) is 0. The lowest BCUT2D eigenvalue weighted by Gasteiger charge is -2.08. The van der Waals surface area contributed by atoms with Gasteiger partial charge in [0.1, 0.15) is 0 Å². The van der Waals surface area contributed by atoms with Crippen LogP contribution in [0.2, 0.25) is 5.02 Å². The highest BCUT2D eigenvalue weighted by molar-refractivity contribution is 14.1. The first-order chi connectivity index (χ1) is 7.38. The van der Waals surface area contributed by atoms with E-state index in [0.717, 1.165) is 0 Å². The van der Waals surface area contributed by atoms with Crippen molar-refractivity contribution in [1.82, 2.24) is 0 Å². The molecule has 0 amide bonds. The summed E-state index contributed by atoms with van der Waals surface area (Å²) in [6, 6.07) is 6.29. The third-order valence-corrected chi connectivity index (χ3v) is 6.81. The number of carbonyl (C=O) groups is 1. The Balaban J connectivity index is 3.04.